The fraction of sp³-hybridized carbons (Fsp3) is 0.333. The lowest BCUT2D eigenvalue weighted by Crippen LogP contribution is -2.27. The summed E-state index contributed by atoms with van der Waals surface area (Å²) in [6, 6.07) is 11.0. The lowest BCUT2D eigenvalue weighted by molar-refractivity contribution is 0.505. The molecule has 5 nitrogen and oxygen atoms in total. The maximum atomic E-state index is 4.87. The maximum Gasteiger partial charge on any atom is 0.123 e. The van der Waals surface area contributed by atoms with Crippen LogP contribution in [0, 0.1) is 13.8 Å². The van der Waals surface area contributed by atoms with E-state index in [0.29, 0.717) is 5.92 Å². The number of nitrogens with zero attached hydrogens (tertiary/aromatic N) is 3. The quantitative estimate of drug-likeness (QED) is 0.525. The van der Waals surface area contributed by atoms with E-state index in [1.54, 1.807) is 0 Å². The van der Waals surface area contributed by atoms with Crippen LogP contribution in [-0.2, 0) is 13.1 Å². The topological polar surface area (TPSA) is 58.5 Å². The number of pyridine rings is 1. The van der Waals surface area contributed by atoms with Gasteiger partial charge in [-0.3, -0.25) is 4.98 Å². The number of imidazole rings is 1. The molecule has 0 saturated heterocycles. The van der Waals surface area contributed by atoms with Gasteiger partial charge in [-0.25, -0.2) is 4.98 Å². The first-order valence-corrected chi connectivity index (χ1v) is 10.4. The van der Waals surface area contributed by atoms with Crippen molar-refractivity contribution in [3.8, 4) is 22.5 Å². The molecule has 0 bridgehead atoms. The van der Waals surface area contributed by atoms with E-state index in [0.717, 1.165) is 42.5 Å². The van der Waals surface area contributed by atoms with Gasteiger partial charge in [0.05, 0.1) is 17.9 Å². The van der Waals surface area contributed by atoms with E-state index < -0.39 is 0 Å². The molecule has 3 aromatic heterocycles. The summed E-state index contributed by atoms with van der Waals surface area (Å²) in [7, 11) is 0. The van der Waals surface area contributed by atoms with Gasteiger partial charge in [-0.15, -0.1) is 0 Å². The van der Waals surface area contributed by atoms with E-state index in [1.807, 2.05) is 0 Å². The monoisotopic (exact) mass is 385 g/mol. The zero-order chi connectivity index (χ0) is 20.1. The van der Waals surface area contributed by atoms with Crippen LogP contribution in [0.25, 0.3) is 33.4 Å². The van der Waals surface area contributed by atoms with Crippen molar-refractivity contribution < 1.29 is 0 Å². The van der Waals surface area contributed by atoms with Crippen molar-refractivity contribution in [2.24, 2.45) is 0 Å². The number of fused-ring (bicyclic) bond motifs is 2. The predicted octanol–water partition coefficient (Wildman–Crippen LogP) is 4.94. The highest BCUT2D eigenvalue weighted by molar-refractivity contribution is 5.94. The Morgan fingerprint density at radius 2 is 1.79 bits per heavy atom. The number of rotatable bonds is 3. The summed E-state index contributed by atoms with van der Waals surface area (Å²) in [5, 5.41) is 4.68. The molecule has 0 fully saturated rings. The average molecular weight is 386 g/mol. The second-order valence-corrected chi connectivity index (χ2v) is 8.38. The maximum absolute atomic E-state index is 4.87. The number of aromatic nitrogens is 4. The van der Waals surface area contributed by atoms with E-state index in [-0.39, 0.29) is 0 Å². The molecule has 1 aromatic carbocycles. The molecule has 0 saturated carbocycles. The van der Waals surface area contributed by atoms with Crippen molar-refractivity contribution in [2.45, 2.75) is 46.7 Å². The van der Waals surface area contributed by atoms with E-state index in [1.165, 1.54) is 33.3 Å². The Morgan fingerprint density at radius 1 is 1.00 bits per heavy atom. The molecule has 1 aliphatic rings. The lowest BCUT2D eigenvalue weighted by atomic mass is 9.95. The van der Waals surface area contributed by atoms with Crippen molar-refractivity contribution in [3.63, 3.8) is 0 Å². The fourth-order valence-electron chi connectivity index (χ4n) is 4.51. The Balaban J connectivity index is 1.67. The first-order chi connectivity index (χ1) is 14.0. The van der Waals surface area contributed by atoms with Gasteiger partial charge in [0, 0.05) is 52.7 Å². The van der Waals surface area contributed by atoms with Crippen molar-refractivity contribution in [1.82, 2.24) is 24.8 Å². The number of nitrogens with one attached hydrogen (secondary N) is 2. The minimum atomic E-state index is 0.405. The van der Waals surface area contributed by atoms with Crippen molar-refractivity contribution in [1.29, 1.82) is 0 Å². The van der Waals surface area contributed by atoms with Gasteiger partial charge in [0.2, 0.25) is 0 Å². The lowest BCUT2D eigenvalue weighted by Gasteiger charge is -2.13. The Labute approximate surface area is 171 Å². The SMILES string of the molecule is Cc1cc(-c2[nH]c3ccc(-c4cn5c(n4)CNCC5)cc3c2C(C)C)cc(C)n1. The largest absolute Gasteiger partial charge is 0.354 e. The molecule has 1 aliphatic heterocycles. The van der Waals surface area contributed by atoms with Crippen LogP contribution < -0.4 is 5.32 Å². The number of benzene rings is 1. The van der Waals surface area contributed by atoms with Crippen LogP contribution in [0.1, 0.15) is 42.5 Å². The standard InChI is InChI=1S/C24H27N5/c1-14(2)23-19-11-17(21-13-29-8-7-25-12-22(29)27-21)5-6-20(19)28-24(23)18-9-15(3)26-16(4)10-18/h5-6,9-11,13-14,25,28H,7-8,12H2,1-4H3. The highest BCUT2D eigenvalue weighted by atomic mass is 15.1. The van der Waals surface area contributed by atoms with Crippen LogP contribution >= 0.6 is 0 Å². The summed E-state index contributed by atoms with van der Waals surface area (Å²) in [4.78, 5) is 13.1. The zero-order valence-corrected chi connectivity index (χ0v) is 17.5. The number of aromatic amines is 1. The van der Waals surface area contributed by atoms with Gasteiger partial charge in [-0.1, -0.05) is 19.9 Å². The van der Waals surface area contributed by atoms with Gasteiger partial charge in [0.15, 0.2) is 0 Å². The predicted molar refractivity (Wildman–Crippen MR) is 118 cm³/mol. The zero-order valence-electron chi connectivity index (χ0n) is 17.5. The third-order valence-electron chi connectivity index (χ3n) is 5.75. The van der Waals surface area contributed by atoms with Crippen LogP contribution in [0.2, 0.25) is 0 Å². The fourth-order valence-corrected chi connectivity index (χ4v) is 4.51. The summed E-state index contributed by atoms with van der Waals surface area (Å²) in [6.45, 7) is 11.5. The third kappa shape index (κ3) is 3.15. The van der Waals surface area contributed by atoms with Crippen LogP contribution in [0.5, 0.6) is 0 Å². The molecular formula is C24H27N5. The van der Waals surface area contributed by atoms with Gasteiger partial charge in [0.1, 0.15) is 5.82 Å². The van der Waals surface area contributed by atoms with Gasteiger partial charge in [-0.05, 0) is 49.6 Å². The van der Waals surface area contributed by atoms with Gasteiger partial charge < -0.3 is 14.9 Å². The van der Waals surface area contributed by atoms with Crippen molar-refractivity contribution >= 4 is 10.9 Å². The van der Waals surface area contributed by atoms with E-state index in [4.69, 9.17) is 4.98 Å². The Hall–Kier alpha value is -2.92. The number of hydrogen-bond donors (Lipinski definition) is 2. The Morgan fingerprint density at radius 3 is 2.52 bits per heavy atom. The highest BCUT2D eigenvalue weighted by Crippen LogP contribution is 2.37. The van der Waals surface area contributed by atoms with E-state index in [9.17, 15) is 0 Å². The van der Waals surface area contributed by atoms with Crippen LogP contribution in [0.4, 0.5) is 0 Å². The van der Waals surface area contributed by atoms with Crippen molar-refractivity contribution in [3.05, 3.63) is 59.3 Å². The summed E-state index contributed by atoms with van der Waals surface area (Å²) in [5.74, 6) is 1.52. The third-order valence-corrected chi connectivity index (χ3v) is 5.75. The normalized spacial score (nSPS) is 14.0. The molecule has 4 heterocycles. The van der Waals surface area contributed by atoms with Crippen LogP contribution in [0.15, 0.2) is 36.5 Å². The molecular weight excluding hydrogens is 358 g/mol. The van der Waals surface area contributed by atoms with Crippen molar-refractivity contribution in [2.75, 3.05) is 6.54 Å². The minimum Gasteiger partial charge on any atom is -0.354 e. The average Bonchev–Trinajstić information content (AvgIpc) is 3.28. The van der Waals surface area contributed by atoms with Crippen LogP contribution in [0.3, 0.4) is 0 Å². The molecule has 0 amide bonds. The van der Waals surface area contributed by atoms with Gasteiger partial charge in [-0.2, -0.15) is 0 Å². The minimum absolute atomic E-state index is 0.405. The molecule has 0 unspecified atom stereocenters. The van der Waals surface area contributed by atoms with Gasteiger partial charge in [0.25, 0.3) is 0 Å². The van der Waals surface area contributed by atoms with Gasteiger partial charge >= 0.3 is 0 Å². The van der Waals surface area contributed by atoms with E-state index >= 15 is 0 Å². The molecule has 0 atom stereocenters. The highest BCUT2D eigenvalue weighted by Gasteiger charge is 2.19. The smallest absolute Gasteiger partial charge is 0.123 e. The number of hydrogen-bond acceptors (Lipinski definition) is 3. The molecule has 0 spiro atoms. The van der Waals surface area contributed by atoms with E-state index in [2.05, 4.69) is 84.1 Å². The summed E-state index contributed by atoms with van der Waals surface area (Å²) < 4.78 is 2.27. The Kier molecular flexibility index (Phi) is 4.28. The Bertz CT molecular complexity index is 1170. The first kappa shape index (κ1) is 18.1. The summed E-state index contributed by atoms with van der Waals surface area (Å²) in [6.07, 6.45) is 2.19. The number of aryl methyl sites for hydroxylation is 2. The molecule has 148 valence electrons. The molecule has 4 aromatic rings. The molecule has 0 radical (unpaired) electrons. The molecule has 2 N–H and O–H groups in total. The first-order valence-electron chi connectivity index (χ1n) is 10.4. The second kappa shape index (κ2) is 6.85. The summed E-state index contributed by atoms with van der Waals surface area (Å²) in [5.41, 5.74) is 9.27. The number of H-pyrrole nitrogens is 1. The second-order valence-electron chi connectivity index (χ2n) is 8.38. The van der Waals surface area contributed by atoms with Crippen LogP contribution in [-0.4, -0.2) is 26.1 Å². The molecule has 0 aliphatic carbocycles. The molecule has 5 rings (SSSR count). The molecule has 29 heavy (non-hydrogen) atoms. The summed E-state index contributed by atoms with van der Waals surface area (Å²) >= 11 is 0. The molecule has 5 heteroatoms.